The summed E-state index contributed by atoms with van der Waals surface area (Å²) in [6.07, 6.45) is -0.313. The Morgan fingerprint density at radius 2 is 1.26 bits per heavy atom. The summed E-state index contributed by atoms with van der Waals surface area (Å²) >= 11 is 0. The van der Waals surface area contributed by atoms with E-state index in [4.69, 9.17) is 0 Å². The molecule has 2 amide bonds. The number of nitrogens with one attached hydrogen (secondary N) is 6. The lowest BCUT2D eigenvalue weighted by Crippen LogP contribution is -2.60. The monoisotopic (exact) mass is 414 g/mol. The van der Waals surface area contributed by atoms with Crippen molar-refractivity contribution < 1.29 is 4.79 Å². The molecule has 158 valence electrons. The molecule has 2 heterocycles. The highest BCUT2D eigenvalue weighted by molar-refractivity contribution is 5.89. The summed E-state index contributed by atoms with van der Waals surface area (Å²) in [6, 6.07) is 30.1. The number of para-hydroxylation sites is 1. The number of rotatable bonds is 4. The van der Waals surface area contributed by atoms with Gasteiger partial charge in [-0.25, -0.2) is 26.5 Å². The third-order valence-electron chi connectivity index (χ3n) is 5.99. The fourth-order valence-electron chi connectivity index (χ4n) is 4.61. The van der Waals surface area contributed by atoms with E-state index in [9.17, 15) is 4.79 Å². The Hall–Kier alpha value is -3.23. The maximum absolute atomic E-state index is 12.7. The number of carbonyl (C=O) groups is 1. The van der Waals surface area contributed by atoms with Gasteiger partial charge >= 0.3 is 6.03 Å². The average molecular weight is 415 g/mol. The molecular weight excluding hydrogens is 388 g/mol. The maximum atomic E-state index is 12.7. The van der Waals surface area contributed by atoms with Gasteiger partial charge in [-0.15, -0.1) is 0 Å². The Kier molecular flexibility index (Phi) is 5.64. The van der Waals surface area contributed by atoms with Crippen LogP contribution in [0.5, 0.6) is 0 Å². The summed E-state index contributed by atoms with van der Waals surface area (Å²) in [7, 11) is 0. The van der Waals surface area contributed by atoms with Gasteiger partial charge in [0.2, 0.25) is 0 Å². The first-order valence-corrected chi connectivity index (χ1v) is 10.5. The zero-order valence-corrected chi connectivity index (χ0v) is 17.0. The normalized spacial score (nSPS) is 27.3. The lowest BCUT2D eigenvalue weighted by molar-refractivity contribution is 0.156. The summed E-state index contributed by atoms with van der Waals surface area (Å²) in [6.45, 7) is 0. The van der Waals surface area contributed by atoms with Crippen molar-refractivity contribution in [1.29, 1.82) is 0 Å². The SMILES string of the molecule is O=C(Nc1ccccc1)NC1NNC2NNC(c3ccccc3)C(c3ccccc3)C21. The number of carbonyl (C=O) groups excluding carboxylic acids is 1. The Bertz CT molecular complexity index is 1000. The maximum Gasteiger partial charge on any atom is 0.320 e. The molecule has 2 aliphatic rings. The molecule has 6 N–H and O–H groups in total. The van der Waals surface area contributed by atoms with Crippen LogP contribution in [0.3, 0.4) is 0 Å². The van der Waals surface area contributed by atoms with Crippen LogP contribution in [-0.2, 0) is 0 Å². The van der Waals surface area contributed by atoms with Crippen LogP contribution in [0, 0.1) is 5.92 Å². The van der Waals surface area contributed by atoms with E-state index < -0.39 is 0 Å². The van der Waals surface area contributed by atoms with Gasteiger partial charge in [0.1, 0.15) is 6.17 Å². The van der Waals surface area contributed by atoms with Gasteiger partial charge in [-0.05, 0) is 23.3 Å². The molecule has 0 bridgehead atoms. The number of fused-ring (bicyclic) bond motifs is 1. The van der Waals surface area contributed by atoms with Crippen LogP contribution < -0.4 is 32.3 Å². The molecular formula is C24H26N6O. The molecule has 0 aliphatic carbocycles. The number of amides is 2. The molecule has 7 nitrogen and oxygen atoms in total. The fourth-order valence-corrected chi connectivity index (χ4v) is 4.61. The van der Waals surface area contributed by atoms with Crippen LogP contribution in [0.1, 0.15) is 23.1 Å². The number of urea groups is 1. The number of hydrogen-bond acceptors (Lipinski definition) is 5. The lowest BCUT2D eigenvalue weighted by atomic mass is 9.74. The largest absolute Gasteiger partial charge is 0.321 e. The number of hydrazine groups is 2. The second-order valence-electron chi connectivity index (χ2n) is 7.90. The van der Waals surface area contributed by atoms with Gasteiger partial charge in [0.25, 0.3) is 0 Å². The summed E-state index contributed by atoms with van der Waals surface area (Å²) in [5.41, 5.74) is 16.6. The van der Waals surface area contributed by atoms with Crippen molar-refractivity contribution >= 4 is 11.7 Å². The molecule has 31 heavy (non-hydrogen) atoms. The van der Waals surface area contributed by atoms with E-state index in [-0.39, 0.29) is 36.2 Å². The van der Waals surface area contributed by atoms with E-state index in [1.54, 1.807) is 0 Å². The van der Waals surface area contributed by atoms with Crippen molar-refractivity contribution in [2.75, 3.05) is 5.32 Å². The second kappa shape index (κ2) is 8.87. The first-order valence-electron chi connectivity index (χ1n) is 10.5. The second-order valence-corrected chi connectivity index (χ2v) is 7.90. The van der Waals surface area contributed by atoms with Gasteiger partial charge in [-0.1, -0.05) is 78.9 Å². The average Bonchev–Trinajstić information content (AvgIpc) is 3.23. The number of benzene rings is 3. The Morgan fingerprint density at radius 1 is 0.677 bits per heavy atom. The predicted molar refractivity (Wildman–Crippen MR) is 121 cm³/mol. The van der Waals surface area contributed by atoms with Crippen LogP contribution in [0.2, 0.25) is 0 Å². The number of hydrogen-bond donors (Lipinski definition) is 6. The molecule has 2 fully saturated rings. The molecule has 0 saturated carbocycles. The molecule has 5 atom stereocenters. The third kappa shape index (κ3) is 4.17. The highest BCUT2D eigenvalue weighted by Crippen LogP contribution is 2.42. The minimum absolute atomic E-state index is 0.0489. The summed E-state index contributed by atoms with van der Waals surface area (Å²) < 4.78 is 0. The molecule has 2 saturated heterocycles. The lowest BCUT2D eigenvalue weighted by Gasteiger charge is -2.43. The Labute approximate surface area is 181 Å². The first-order chi connectivity index (χ1) is 15.3. The van der Waals surface area contributed by atoms with Crippen LogP contribution >= 0.6 is 0 Å². The smallest absolute Gasteiger partial charge is 0.320 e. The van der Waals surface area contributed by atoms with Crippen LogP contribution in [-0.4, -0.2) is 18.4 Å². The zero-order valence-electron chi connectivity index (χ0n) is 17.0. The third-order valence-corrected chi connectivity index (χ3v) is 5.99. The first kappa shape index (κ1) is 19.7. The molecule has 5 unspecified atom stereocenters. The zero-order chi connectivity index (χ0) is 21.0. The number of anilines is 1. The van der Waals surface area contributed by atoms with Gasteiger partial charge in [0.15, 0.2) is 0 Å². The van der Waals surface area contributed by atoms with Crippen molar-refractivity contribution in [1.82, 2.24) is 27.0 Å². The van der Waals surface area contributed by atoms with Crippen molar-refractivity contribution in [3.63, 3.8) is 0 Å². The minimum Gasteiger partial charge on any atom is -0.321 e. The van der Waals surface area contributed by atoms with Crippen molar-refractivity contribution in [2.45, 2.75) is 24.3 Å². The van der Waals surface area contributed by atoms with Gasteiger partial charge in [0, 0.05) is 17.5 Å². The Morgan fingerprint density at radius 3 is 1.94 bits per heavy atom. The predicted octanol–water partition coefficient (Wildman–Crippen LogP) is 2.82. The van der Waals surface area contributed by atoms with E-state index in [1.807, 2.05) is 42.5 Å². The topological polar surface area (TPSA) is 89.2 Å². The highest BCUT2D eigenvalue weighted by Gasteiger charge is 2.48. The van der Waals surface area contributed by atoms with Crippen molar-refractivity contribution in [3.05, 3.63) is 102 Å². The van der Waals surface area contributed by atoms with Gasteiger partial charge in [-0.2, -0.15) is 0 Å². The van der Waals surface area contributed by atoms with E-state index >= 15 is 0 Å². The van der Waals surface area contributed by atoms with E-state index in [0.717, 1.165) is 5.69 Å². The summed E-state index contributed by atoms with van der Waals surface area (Å²) in [5, 5.41) is 6.01. The molecule has 2 aliphatic heterocycles. The van der Waals surface area contributed by atoms with Gasteiger partial charge < -0.3 is 10.6 Å². The van der Waals surface area contributed by atoms with Crippen LogP contribution in [0.15, 0.2) is 91.0 Å². The summed E-state index contributed by atoms with van der Waals surface area (Å²) in [4.78, 5) is 12.7. The molecule has 5 rings (SSSR count). The molecule has 7 heteroatoms. The van der Waals surface area contributed by atoms with Gasteiger partial charge in [0.05, 0.1) is 12.2 Å². The van der Waals surface area contributed by atoms with E-state index in [0.29, 0.717) is 0 Å². The van der Waals surface area contributed by atoms with E-state index in [2.05, 4.69) is 80.9 Å². The Balaban J connectivity index is 1.42. The van der Waals surface area contributed by atoms with Crippen molar-refractivity contribution in [3.8, 4) is 0 Å². The minimum atomic E-state index is -0.264. The van der Waals surface area contributed by atoms with Crippen LogP contribution in [0.4, 0.5) is 10.5 Å². The highest BCUT2D eigenvalue weighted by atomic mass is 16.2. The summed E-state index contributed by atoms with van der Waals surface area (Å²) in [5.74, 6) is 0.190. The molecule has 3 aromatic carbocycles. The quantitative estimate of drug-likeness (QED) is 0.395. The van der Waals surface area contributed by atoms with E-state index in [1.165, 1.54) is 11.1 Å². The van der Waals surface area contributed by atoms with Gasteiger partial charge in [-0.3, -0.25) is 0 Å². The molecule has 0 radical (unpaired) electrons. The fraction of sp³-hybridized carbons (Fsp3) is 0.208. The molecule has 0 spiro atoms. The molecule has 0 aromatic heterocycles. The molecule has 3 aromatic rings. The van der Waals surface area contributed by atoms with Crippen molar-refractivity contribution in [2.24, 2.45) is 5.92 Å². The standard InChI is InChI=1S/C24H26N6O/c31-24(25-18-14-8-3-9-15-18)26-22-20-19(16-10-4-1-5-11-16)21(17-12-6-2-7-13-17)27-29-23(20)30-28-22/h1-15,19-23,27-30H,(H2,25,26,31). The van der Waals surface area contributed by atoms with Crippen LogP contribution in [0.25, 0.3) is 0 Å².